The topological polar surface area (TPSA) is 53.2 Å². The summed E-state index contributed by atoms with van der Waals surface area (Å²) in [7, 11) is 0. The van der Waals surface area contributed by atoms with Crippen molar-refractivity contribution >= 4 is 11.6 Å². The summed E-state index contributed by atoms with van der Waals surface area (Å²) in [6.07, 6.45) is 0. The predicted octanol–water partition coefficient (Wildman–Crippen LogP) is 0.882. The highest BCUT2D eigenvalue weighted by Gasteiger charge is 2.29. The third-order valence-electron chi connectivity index (χ3n) is 2.82. The maximum atomic E-state index is 13.4. The number of nitrogens with one attached hydrogen (secondary N) is 3. The molecule has 4 nitrogen and oxygen atoms in total. The molecule has 0 aliphatic carbocycles. The van der Waals surface area contributed by atoms with E-state index in [0.717, 1.165) is 0 Å². The Bertz CT molecular complexity index is 516. The van der Waals surface area contributed by atoms with Gasteiger partial charge in [-0.2, -0.15) is 0 Å². The maximum absolute atomic E-state index is 13.4. The number of benzene rings is 1. The second-order valence-electron chi connectivity index (χ2n) is 4.14. The molecular formula is C11H10F5N3O. The largest absolute Gasteiger partial charge is 0.320 e. The molecule has 20 heavy (non-hydrogen) atoms. The standard InChI is InChI=1S/C11H10F5N3O/c12-5-6(13)8(15)10(9(16)7(5)14)19-11(20)4-3-17-1-2-18-4/h4,17-18H,1-3H2,(H,19,20). The van der Waals surface area contributed by atoms with Gasteiger partial charge in [-0.3, -0.25) is 4.79 Å². The van der Waals surface area contributed by atoms with Gasteiger partial charge in [-0.15, -0.1) is 0 Å². The number of carbonyl (C=O) groups excluding carboxylic acids is 1. The summed E-state index contributed by atoms with van der Waals surface area (Å²) in [5.74, 6) is -11.5. The molecule has 1 aliphatic heterocycles. The summed E-state index contributed by atoms with van der Waals surface area (Å²) in [6, 6.07) is -0.821. The zero-order valence-electron chi connectivity index (χ0n) is 10.00. The van der Waals surface area contributed by atoms with E-state index in [1.807, 2.05) is 0 Å². The van der Waals surface area contributed by atoms with Crippen molar-refractivity contribution in [1.29, 1.82) is 0 Å². The number of carbonyl (C=O) groups is 1. The van der Waals surface area contributed by atoms with Crippen molar-refractivity contribution in [3.63, 3.8) is 0 Å². The lowest BCUT2D eigenvalue weighted by atomic mass is 10.2. The van der Waals surface area contributed by atoms with Crippen LogP contribution < -0.4 is 16.0 Å². The number of amides is 1. The first-order chi connectivity index (χ1) is 9.43. The zero-order chi connectivity index (χ0) is 14.9. The smallest absolute Gasteiger partial charge is 0.242 e. The van der Waals surface area contributed by atoms with Gasteiger partial charge in [-0.1, -0.05) is 0 Å². The van der Waals surface area contributed by atoms with Gasteiger partial charge in [0.2, 0.25) is 11.7 Å². The second-order valence-corrected chi connectivity index (χ2v) is 4.14. The molecule has 0 radical (unpaired) electrons. The molecule has 1 heterocycles. The first-order valence-corrected chi connectivity index (χ1v) is 5.70. The van der Waals surface area contributed by atoms with Gasteiger partial charge < -0.3 is 16.0 Å². The third kappa shape index (κ3) is 2.59. The van der Waals surface area contributed by atoms with Crippen LogP contribution in [0, 0.1) is 29.1 Å². The van der Waals surface area contributed by atoms with E-state index in [4.69, 9.17) is 0 Å². The number of rotatable bonds is 2. The van der Waals surface area contributed by atoms with E-state index in [-0.39, 0.29) is 6.54 Å². The summed E-state index contributed by atoms with van der Waals surface area (Å²) in [5.41, 5.74) is -1.35. The highest BCUT2D eigenvalue weighted by atomic mass is 19.2. The molecule has 2 rings (SSSR count). The fourth-order valence-corrected chi connectivity index (χ4v) is 1.76. The lowest BCUT2D eigenvalue weighted by molar-refractivity contribution is -0.118. The lowest BCUT2D eigenvalue weighted by Gasteiger charge is -2.23. The quantitative estimate of drug-likeness (QED) is 0.431. The van der Waals surface area contributed by atoms with Gasteiger partial charge >= 0.3 is 0 Å². The molecule has 1 aliphatic rings. The van der Waals surface area contributed by atoms with Gasteiger partial charge in [-0.25, -0.2) is 22.0 Å². The summed E-state index contributed by atoms with van der Waals surface area (Å²) in [6.45, 7) is 1.22. The first kappa shape index (κ1) is 14.7. The van der Waals surface area contributed by atoms with E-state index in [1.54, 1.807) is 5.32 Å². The number of anilines is 1. The number of hydrogen-bond donors (Lipinski definition) is 3. The Balaban J connectivity index is 2.27. The van der Waals surface area contributed by atoms with Gasteiger partial charge in [0.05, 0.1) is 6.04 Å². The molecule has 0 spiro atoms. The Kier molecular flexibility index (Phi) is 4.19. The average Bonchev–Trinajstić information content (AvgIpc) is 2.48. The van der Waals surface area contributed by atoms with Crippen LogP contribution in [0.1, 0.15) is 0 Å². The van der Waals surface area contributed by atoms with Crippen molar-refractivity contribution in [2.75, 3.05) is 25.0 Å². The van der Waals surface area contributed by atoms with Crippen LogP contribution >= 0.6 is 0 Å². The number of halogens is 5. The van der Waals surface area contributed by atoms with Crippen LogP contribution in [-0.4, -0.2) is 31.6 Å². The minimum absolute atomic E-state index is 0.182. The third-order valence-corrected chi connectivity index (χ3v) is 2.82. The minimum atomic E-state index is -2.27. The van der Waals surface area contributed by atoms with Gasteiger partial charge in [0, 0.05) is 19.6 Å². The van der Waals surface area contributed by atoms with Crippen molar-refractivity contribution < 1.29 is 26.7 Å². The van der Waals surface area contributed by atoms with Crippen molar-refractivity contribution in [1.82, 2.24) is 10.6 Å². The van der Waals surface area contributed by atoms with E-state index in [2.05, 4.69) is 10.6 Å². The van der Waals surface area contributed by atoms with E-state index in [1.165, 1.54) is 0 Å². The van der Waals surface area contributed by atoms with E-state index >= 15 is 0 Å². The maximum Gasteiger partial charge on any atom is 0.242 e. The SMILES string of the molecule is O=C(Nc1c(F)c(F)c(F)c(F)c1F)C1CNCCN1. The van der Waals surface area contributed by atoms with E-state index in [0.29, 0.717) is 13.1 Å². The Hall–Kier alpha value is -1.74. The number of hydrogen-bond acceptors (Lipinski definition) is 3. The van der Waals surface area contributed by atoms with Crippen LogP contribution in [0.15, 0.2) is 0 Å². The molecule has 0 aromatic heterocycles. The van der Waals surface area contributed by atoms with Gasteiger partial charge in [0.15, 0.2) is 23.3 Å². The predicted molar refractivity (Wildman–Crippen MR) is 59.5 cm³/mol. The Morgan fingerprint density at radius 2 is 1.50 bits per heavy atom. The highest BCUT2D eigenvalue weighted by Crippen LogP contribution is 2.27. The Labute approximate surface area is 110 Å². The molecule has 0 saturated carbocycles. The van der Waals surface area contributed by atoms with E-state index in [9.17, 15) is 26.7 Å². The molecule has 1 amide bonds. The summed E-state index contributed by atoms with van der Waals surface area (Å²) in [4.78, 5) is 11.7. The van der Waals surface area contributed by atoms with Crippen LogP contribution in [0.5, 0.6) is 0 Å². The molecule has 1 saturated heterocycles. The number of piperazine rings is 1. The first-order valence-electron chi connectivity index (χ1n) is 5.70. The van der Waals surface area contributed by atoms with Crippen LogP contribution in [0.2, 0.25) is 0 Å². The summed E-state index contributed by atoms with van der Waals surface area (Å²) >= 11 is 0. The van der Waals surface area contributed by atoms with Crippen molar-refractivity contribution in [2.24, 2.45) is 0 Å². The molecular weight excluding hydrogens is 285 g/mol. The lowest BCUT2D eigenvalue weighted by Crippen LogP contribution is -2.54. The molecule has 1 fully saturated rings. The minimum Gasteiger partial charge on any atom is -0.320 e. The molecule has 3 N–H and O–H groups in total. The fraction of sp³-hybridized carbons (Fsp3) is 0.364. The van der Waals surface area contributed by atoms with Crippen LogP contribution in [0.3, 0.4) is 0 Å². The molecule has 1 atom stereocenters. The molecule has 110 valence electrons. The summed E-state index contributed by atoms with van der Waals surface area (Å²) in [5, 5.41) is 7.30. The zero-order valence-corrected chi connectivity index (χ0v) is 10.00. The van der Waals surface area contributed by atoms with Gasteiger partial charge in [-0.05, 0) is 0 Å². The van der Waals surface area contributed by atoms with Gasteiger partial charge in [0.25, 0.3) is 0 Å². The van der Waals surface area contributed by atoms with E-state index < -0.39 is 46.7 Å². The Morgan fingerprint density at radius 3 is 2.00 bits per heavy atom. The Morgan fingerprint density at radius 1 is 0.950 bits per heavy atom. The molecule has 9 heteroatoms. The molecule has 1 aromatic rings. The highest BCUT2D eigenvalue weighted by molar-refractivity contribution is 5.95. The fourth-order valence-electron chi connectivity index (χ4n) is 1.76. The van der Waals surface area contributed by atoms with Crippen LogP contribution in [0.25, 0.3) is 0 Å². The second kappa shape index (κ2) is 5.71. The normalized spacial score (nSPS) is 18.9. The average molecular weight is 295 g/mol. The summed E-state index contributed by atoms with van der Waals surface area (Å²) < 4.78 is 65.5. The van der Waals surface area contributed by atoms with Crippen molar-refractivity contribution in [3.05, 3.63) is 29.1 Å². The van der Waals surface area contributed by atoms with Crippen molar-refractivity contribution in [3.8, 4) is 0 Å². The molecule has 0 bridgehead atoms. The van der Waals surface area contributed by atoms with Gasteiger partial charge in [0.1, 0.15) is 5.69 Å². The monoisotopic (exact) mass is 295 g/mol. The molecule has 1 aromatic carbocycles. The van der Waals surface area contributed by atoms with Crippen LogP contribution in [-0.2, 0) is 4.79 Å². The van der Waals surface area contributed by atoms with Crippen molar-refractivity contribution in [2.45, 2.75) is 6.04 Å². The van der Waals surface area contributed by atoms with Crippen LogP contribution in [0.4, 0.5) is 27.6 Å². The molecule has 1 unspecified atom stereocenters.